The van der Waals surface area contributed by atoms with Gasteiger partial charge in [-0.15, -0.1) is 0 Å². The molecule has 1 aromatic carbocycles. The SMILES string of the molecule is CNCC(=O)c1ccc(C2CSC2)cc1. The predicted molar refractivity (Wildman–Crippen MR) is 64.8 cm³/mol. The molecule has 1 aliphatic heterocycles. The summed E-state index contributed by atoms with van der Waals surface area (Å²) in [7, 11) is 1.79. The van der Waals surface area contributed by atoms with E-state index in [-0.39, 0.29) is 5.78 Å². The molecule has 2 rings (SSSR count). The van der Waals surface area contributed by atoms with E-state index in [0.29, 0.717) is 12.5 Å². The van der Waals surface area contributed by atoms with Gasteiger partial charge in [-0.3, -0.25) is 4.79 Å². The lowest BCUT2D eigenvalue weighted by Crippen LogP contribution is -2.19. The molecular formula is C12H15NOS. The molecule has 1 aliphatic rings. The zero-order valence-electron chi connectivity index (χ0n) is 8.82. The van der Waals surface area contributed by atoms with Gasteiger partial charge >= 0.3 is 0 Å². The molecule has 1 aromatic rings. The van der Waals surface area contributed by atoms with Crippen molar-refractivity contribution in [1.82, 2.24) is 5.32 Å². The third kappa shape index (κ3) is 2.41. The highest BCUT2D eigenvalue weighted by atomic mass is 32.2. The summed E-state index contributed by atoms with van der Waals surface area (Å²) >= 11 is 1.98. The average molecular weight is 221 g/mol. The van der Waals surface area contributed by atoms with Crippen LogP contribution < -0.4 is 5.32 Å². The molecule has 0 unspecified atom stereocenters. The Kier molecular flexibility index (Phi) is 3.44. The van der Waals surface area contributed by atoms with Crippen LogP contribution in [0.3, 0.4) is 0 Å². The minimum absolute atomic E-state index is 0.159. The van der Waals surface area contributed by atoms with E-state index in [4.69, 9.17) is 0 Å². The van der Waals surface area contributed by atoms with Crippen LogP contribution in [0, 0.1) is 0 Å². The lowest BCUT2D eigenvalue weighted by Gasteiger charge is -2.25. The van der Waals surface area contributed by atoms with Gasteiger partial charge in [0.15, 0.2) is 5.78 Å². The van der Waals surface area contributed by atoms with E-state index in [0.717, 1.165) is 5.56 Å². The van der Waals surface area contributed by atoms with Crippen molar-refractivity contribution < 1.29 is 4.79 Å². The van der Waals surface area contributed by atoms with Crippen molar-refractivity contribution in [2.24, 2.45) is 0 Å². The molecule has 0 bridgehead atoms. The lowest BCUT2D eigenvalue weighted by molar-refractivity contribution is 0.0993. The van der Waals surface area contributed by atoms with E-state index in [2.05, 4.69) is 17.4 Å². The molecule has 2 nitrogen and oxygen atoms in total. The summed E-state index contributed by atoms with van der Waals surface area (Å²) in [4.78, 5) is 11.5. The van der Waals surface area contributed by atoms with E-state index in [1.165, 1.54) is 17.1 Å². The number of hydrogen-bond acceptors (Lipinski definition) is 3. The largest absolute Gasteiger partial charge is 0.313 e. The second-order valence-electron chi connectivity index (χ2n) is 3.81. The molecule has 0 saturated carbocycles. The van der Waals surface area contributed by atoms with Crippen LogP contribution in [0.25, 0.3) is 0 Å². The van der Waals surface area contributed by atoms with E-state index in [1.807, 2.05) is 23.9 Å². The predicted octanol–water partition coefficient (Wildman–Crippen LogP) is 1.92. The molecule has 0 radical (unpaired) electrons. The summed E-state index contributed by atoms with van der Waals surface area (Å²) in [6.45, 7) is 0.415. The number of nitrogens with one attached hydrogen (secondary N) is 1. The van der Waals surface area contributed by atoms with Crippen LogP contribution in [-0.4, -0.2) is 30.9 Å². The zero-order chi connectivity index (χ0) is 10.7. The zero-order valence-corrected chi connectivity index (χ0v) is 9.64. The molecule has 3 heteroatoms. The summed E-state index contributed by atoms with van der Waals surface area (Å²) in [5.41, 5.74) is 2.18. The molecule has 0 aromatic heterocycles. The van der Waals surface area contributed by atoms with Crippen LogP contribution in [0.4, 0.5) is 0 Å². The number of benzene rings is 1. The number of Topliss-reactive ketones (excluding diaryl/α,β-unsaturated/α-hetero) is 1. The van der Waals surface area contributed by atoms with Gasteiger partial charge in [0.05, 0.1) is 6.54 Å². The fourth-order valence-corrected chi connectivity index (χ4v) is 2.49. The summed E-state index contributed by atoms with van der Waals surface area (Å²) in [6.07, 6.45) is 0. The molecule has 1 saturated heterocycles. The number of likely N-dealkylation sites (N-methyl/N-ethyl adjacent to an activating group) is 1. The molecule has 1 N–H and O–H groups in total. The van der Waals surface area contributed by atoms with Crippen molar-refractivity contribution in [1.29, 1.82) is 0 Å². The molecular weight excluding hydrogens is 206 g/mol. The number of thioether (sulfide) groups is 1. The maximum absolute atomic E-state index is 11.5. The molecule has 0 amide bonds. The molecule has 0 atom stereocenters. The van der Waals surface area contributed by atoms with E-state index in [9.17, 15) is 4.79 Å². The van der Waals surface area contributed by atoms with Gasteiger partial charge in [0.1, 0.15) is 0 Å². The first-order chi connectivity index (χ1) is 7.31. The molecule has 80 valence electrons. The Morgan fingerprint density at radius 2 is 2.07 bits per heavy atom. The van der Waals surface area contributed by atoms with Crippen molar-refractivity contribution in [2.45, 2.75) is 5.92 Å². The highest BCUT2D eigenvalue weighted by molar-refractivity contribution is 8.00. The van der Waals surface area contributed by atoms with E-state index < -0.39 is 0 Å². The van der Waals surface area contributed by atoms with E-state index >= 15 is 0 Å². The number of rotatable bonds is 4. The van der Waals surface area contributed by atoms with Gasteiger partial charge in [0, 0.05) is 23.0 Å². The van der Waals surface area contributed by atoms with Crippen LogP contribution in [0.15, 0.2) is 24.3 Å². The van der Waals surface area contributed by atoms with Crippen molar-refractivity contribution in [3.8, 4) is 0 Å². The smallest absolute Gasteiger partial charge is 0.176 e. The summed E-state index contributed by atoms with van der Waals surface area (Å²) in [5, 5.41) is 2.87. The van der Waals surface area contributed by atoms with Gasteiger partial charge in [0.2, 0.25) is 0 Å². The quantitative estimate of drug-likeness (QED) is 0.788. The first-order valence-corrected chi connectivity index (χ1v) is 6.32. The van der Waals surface area contributed by atoms with Crippen LogP contribution in [-0.2, 0) is 0 Å². The van der Waals surface area contributed by atoms with Gasteiger partial charge in [-0.1, -0.05) is 24.3 Å². The molecule has 1 heterocycles. The van der Waals surface area contributed by atoms with Gasteiger partial charge in [0.25, 0.3) is 0 Å². The van der Waals surface area contributed by atoms with Crippen LogP contribution in [0.2, 0.25) is 0 Å². The van der Waals surface area contributed by atoms with E-state index in [1.54, 1.807) is 7.05 Å². The van der Waals surface area contributed by atoms with Gasteiger partial charge in [-0.05, 0) is 12.6 Å². The van der Waals surface area contributed by atoms with Crippen molar-refractivity contribution in [3.63, 3.8) is 0 Å². The maximum Gasteiger partial charge on any atom is 0.176 e. The van der Waals surface area contributed by atoms with Gasteiger partial charge in [-0.25, -0.2) is 0 Å². The molecule has 1 fully saturated rings. The fourth-order valence-electron chi connectivity index (χ4n) is 1.63. The Balaban J connectivity index is 2.06. The molecule has 0 spiro atoms. The fraction of sp³-hybridized carbons (Fsp3) is 0.417. The number of carbonyl (C=O) groups is 1. The second kappa shape index (κ2) is 4.81. The standard InChI is InChI=1S/C12H15NOS/c1-13-6-12(14)10-4-2-9(3-5-10)11-7-15-8-11/h2-5,11,13H,6-8H2,1H3. The Bertz CT molecular complexity index is 343. The molecule has 15 heavy (non-hydrogen) atoms. The minimum Gasteiger partial charge on any atom is -0.313 e. The monoisotopic (exact) mass is 221 g/mol. The van der Waals surface area contributed by atoms with Crippen molar-refractivity contribution in [2.75, 3.05) is 25.1 Å². The Hall–Kier alpha value is -0.800. The minimum atomic E-state index is 0.159. The summed E-state index contributed by atoms with van der Waals surface area (Å²) < 4.78 is 0. The van der Waals surface area contributed by atoms with Gasteiger partial charge < -0.3 is 5.32 Å². The third-order valence-electron chi connectivity index (χ3n) is 2.68. The molecule has 0 aliphatic carbocycles. The van der Waals surface area contributed by atoms with Crippen molar-refractivity contribution in [3.05, 3.63) is 35.4 Å². The number of ketones is 1. The highest BCUT2D eigenvalue weighted by Crippen LogP contribution is 2.33. The van der Waals surface area contributed by atoms with Crippen molar-refractivity contribution >= 4 is 17.5 Å². The summed E-state index contributed by atoms with van der Waals surface area (Å²) in [6, 6.07) is 8.07. The summed E-state index contributed by atoms with van der Waals surface area (Å²) in [5.74, 6) is 3.32. The maximum atomic E-state index is 11.5. The Labute approximate surface area is 94.4 Å². The van der Waals surface area contributed by atoms with Crippen LogP contribution in [0.1, 0.15) is 21.8 Å². The third-order valence-corrected chi connectivity index (χ3v) is 3.96. The first-order valence-electron chi connectivity index (χ1n) is 5.17. The Morgan fingerprint density at radius 1 is 1.40 bits per heavy atom. The lowest BCUT2D eigenvalue weighted by atomic mass is 9.99. The topological polar surface area (TPSA) is 29.1 Å². The normalized spacial score (nSPS) is 16.1. The highest BCUT2D eigenvalue weighted by Gasteiger charge is 2.19. The van der Waals surface area contributed by atoms with Crippen LogP contribution in [0.5, 0.6) is 0 Å². The Morgan fingerprint density at radius 3 is 2.53 bits per heavy atom. The van der Waals surface area contributed by atoms with Crippen LogP contribution >= 0.6 is 11.8 Å². The van der Waals surface area contributed by atoms with Gasteiger partial charge in [-0.2, -0.15) is 11.8 Å². The average Bonchev–Trinajstić information content (AvgIpc) is 2.16. The number of hydrogen-bond donors (Lipinski definition) is 1. The second-order valence-corrected chi connectivity index (χ2v) is 4.88. The number of carbonyl (C=O) groups excluding carboxylic acids is 1. The first kappa shape index (κ1) is 10.7.